The van der Waals surface area contributed by atoms with Crippen LogP contribution in [-0.4, -0.2) is 22.2 Å². The molecular formula is C26H22N4O3. The smallest absolute Gasteiger partial charge is 0.161 e. The SMILES string of the molecule is COc1cc(-c2cc(=NNc3ncnc4ccccc34)c3cc(C)cc(C)c3o2)ccc1O. The number of aryl methyl sites for hydroxylation is 2. The van der Waals surface area contributed by atoms with E-state index in [1.807, 2.05) is 50.2 Å². The lowest BCUT2D eigenvalue weighted by Gasteiger charge is -2.10. The maximum Gasteiger partial charge on any atom is 0.161 e. The lowest BCUT2D eigenvalue weighted by Crippen LogP contribution is -2.09. The molecule has 0 unspecified atom stereocenters. The van der Waals surface area contributed by atoms with E-state index in [2.05, 4.69) is 21.5 Å². The molecule has 0 spiro atoms. The summed E-state index contributed by atoms with van der Waals surface area (Å²) in [5.74, 6) is 1.65. The van der Waals surface area contributed by atoms with E-state index in [0.29, 0.717) is 22.7 Å². The maximum atomic E-state index is 9.98. The van der Waals surface area contributed by atoms with E-state index in [4.69, 9.17) is 14.3 Å². The van der Waals surface area contributed by atoms with Crippen molar-refractivity contribution in [3.05, 3.63) is 83.5 Å². The Hall–Kier alpha value is -4.39. The third-order valence-electron chi connectivity index (χ3n) is 5.46. The molecule has 164 valence electrons. The second-order valence-corrected chi connectivity index (χ2v) is 7.80. The fourth-order valence-electron chi connectivity index (χ4n) is 3.89. The molecule has 0 saturated heterocycles. The normalized spacial score (nSPS) is 11.8. The number of phenolic OH excluding ortho intramolecular Hbond substituents is 1. The highest BCUT2D eigenvalue weighted by Crippen LogP contribution is 2.32. The first-order chi connectivity index (χ1) is 16.0. The number of benzene rings is 3. The van der Waals surface area contributed by atoms with E-state index in [0.717, 1.165) is 38.6 Å². The molecule has 33 heavy (non-hydrogen) atoms. The number of fused-ring (bicyclic) bond motifs is 2. The topological polar surface area (TPSA) is 92.8 Å². The van der Waals surface area contributed by atoms with Gasteiger partial charge in [0.2, 0.25) is 0 Å². The Morgan fingerprint density at radius 1 is 0.970 bits per heavy atom. The van der Waals surface area contributed by atoms with E-state index in [1.165, 1.54) is 13.4 Å². The molecule has 5 rings (SSSR count). The predicted molar refractivity (Wildman–Crippen MR) is 128 cm³/mol. The average molecular weight is 438 g/mol. The summed E-state index contributed by atoms with van der Waals surface area (Å²) in [5, 5.41) is 17.1. The van der Waals surface area contributed by atoms with Crippen LogP contribution >= 0.6 is 0 Å². The number of hydrogen-bond donors (Lipinski definition) is 2. The molecule has 5 aromatic rings. The van der Waals surface area contributed by atoms with Crippen molar-refractivity contribution in [1.29, 1.82) is 0 Å². The summed E-state index contributed by atoms with van der Waals surface area (Å²) < 4.78 is 11.6. The van der Waals surface area contributed by atoms with Gasteiger partial charge in [-0.05, 0) is 61.4 Å². The summed E-state index contributed by atoms with van der Waals surface area (Å²) in [6, 6.07) is 18.8. The second kappa shape index (κ2) is 8.27. The van der Waals surface area contributed by atoms with Gasteiger partial charge in [-0.3, -0.25) is 5.43 Å². The van der Waals surface area contributed by atoms with Crippen molar-refractivity contribution < 1.29 is 14.3 Å². The molecular weight excluding hydrogens is 416 g/mol. The van der Waals surface area contributed by atoms with Gasteiger partial charge in [-0.1, -0.05) is 18.2 Å². The minimum Gasteiger partial charge on any atom is -0.504 e. The summed E-state index contributed by atoms with van der Waals surface area (Å²) in [5.41, 5.74) is 7.55. The Labute approximate surface area is 190 Å². The third-order valence-corrected chi connectivity index (χ3v) is 5.46. The number of nitrogens with one attached hydrogen (secondary N) is 1. The van der Waals surface area contributed by atoms with Gasteiger partial charge in [0.1, 0.15) is 17.7 Å². The molecule has 0 saturated carbocycles. The number of methoxy groups -OCH3 is 1. The first-order valence-corrected chi connectivity index (χ1v) is 10.5. The van der Waals surface area contributed by atoms with Gasteiger partial charge in [0.15, 0.2) is 17.3 Å². The van der Waals surface area contributed by atoms with Gasteiger partial charge in [-0.25, -0.2) is 9.97 Å². The Balaban J connectivity index is 1.71. The van der Waals surface area contributed by atoms with Gasteiger partial charge in [0, 0.05) is 22.4 Å². The quantitative estimate of drug-likeness (QED) is 0.370. The van der Waals surface area contributed by atoms with Crippen LogP contribution in [-0.2, 0) is 0 Å². The van der Waals surface area contributed by atoms with Gasteiger partial charge in [0.25, 0.3) is 0 Å². The van der Waals surface area contributed by atoms with Gasteiger partial charge in [0.05, 0.1) is 18.0 Å². The van der Waals surface area contributed by atoms with Crippen LogP contribution in [0.5, 0.6) is 11.5 Å². The number of aromatic nitrogens is 2. The molecule has 0 aliphatic rings. The Morgan fingerprint density at radius 2 is 1.82 bits per heavy atom. The number of aromatic hydroxyl groups is 1. The van der Waals surface area contributed by atoms with Crippen molar-refractivity contribution in [2.24, 2.45) is 5.10 Å². The van der Waals surface area contributed by atoms with Crippen LogP contribution in [0.15, 0.2) is 76.5 Å². The summed E-state index contributed by atoms with van der Waals surface area (Å²) in [6.45, 7) is 4.05. The van der Waals surface area contributed by atoms with Crippen molar-refractivity contribution in [1.82, 2.24) is 9.97 Å². The highest BCUT2D eigenvalue weighted by molar-refractivity contribution is 5.88. The molecule has 0 aliphatic heterocycles. The van der Waals surface area contributed by atoms with E-state index < -0.39 is 0 Å². The Kier molecular flexibility index (Phi) is 5.14. The van der Waals surface area contributed by atoms with Crippen molar-refractivity contribution >= 4 is 27.7 Å². The summed E-state index contributed by atoms with van der Waals surface area (Å²) in [7, 11) is 1.51. The molecule has 3 aromatic carbocycles. The molecule has 0 fully saturated rings. The van der Waals surface area contributed by atoms with Crippen molar-refractivity contribution in [3.8, 4) is 22.8 Å². The summed E-state index contributed by atoms with van der Waals surface area (Å²) >= 11 is 0. The Morgan fingerprint density at radius 3 is 2.67 bits per heavy atom. The zero-order valence-electron chi connectivity index (χ0n) is 18.5. The van der Waals surface area contributed by atoms with E-state index >= 15 is 0 Å². The van der Waals surface area contributed by atoms with Crippen molar-refractivity contribution in [3.63, 3.8) is 0 Å². The van der Waals surface area contributed by atoms with Crippen molar-refractivity contribution in [2.45, 2.75) is 13.8 Å². The van der Waals surface area contributed by atoms with Crippen molar-refractivity contribution in [2.75, 3.05) is 12.5 Å². The first kappa shape index (κ1) is 20.5. The van der Waals surface area contributed by atoms with E-state index in [1.54, 1.807) is 18.2 Å². The maximum absolute atomic E-state index is 9.98. The molecule has 0 atom stereocenters. The van der Waals surface area contributed by atoms with Gasteiger partial charge in [-0.2, -0.15) is 5.10 Å². The summed E-state index contributed by atoms with van der Waals surface area (Å²) in [4.78, 5) is 8.67. The fraction of sp³-hybridized carbons (Fsp3) is 0.115. The largest absolute Gasteiger partial charge is 0.504 e. The number of anilines is 1. The molecule has 0 radical (unpaired) electrons. The third kappa shape index (κ3) is 3.85. The van der Waals surface area contributed by atoms with E-state index in [9.17, 15) is 5.11 Å². The van der Waals surface area contributed by atoms with Crippen LogP contribution in [0, 0.1) is 13.8 Å². The molecule has 0 aliphatic carbocycles. The lowest BCUT2D eigenvalue weighted by atomic mass is 10.1. The number of hydrogen-bond acceptors (Lipinski definition) is 7. The zero-order valence-corrected chi connectivity index (χ0v) is 18.5. The molecule has 0 bridgehead atoms. The molecule has 2 aromatic heterocycles. The molecule has 7 heteroatoms. The summed E-state index contributed by atoms with van der Waals surface area (Å²) in [6.07, 6.45) is 1.51. The highest BCUT2D eigenvalue weighted by Gasteiger charge is 2.12. The van der Waals surface area contributed by atoms with Crippen LogP contribution in [0.1, 0.15) is 11.1 Å². The zero-order chi connectivity index (χ0) is 22.9. The van der Waals surface area contributed by atoms with Crippen LogP contribution in [0.25, 0.3) is 33.2 Å². The number of phenols is 1. The molecule has 2 N–H and O–H groups in total. The number of nitrogens with zero attached hydrogens (tertiary/aromatic N) is 3. The molecule has 0 amide bonds. The van der Waals surface area contributed by atoms with Gasteiger partial charge >= 0.3 is 0 Å². The van der Waals surface area contributed by atoms with Crippen LogP contribution < -0.4 is 15.5 Å². The standard InChI is InChI=1S/C26H22N4O3/c1-15-10-16(2)25-19(11-15)21(13-23(33-25)17-8-9-22(31)24(12-17)32-3)29-30-26-18-6-4-5-7-20(18)27-14-28-26/h4-14,31H,1-3H3,(H,27,28,30). The fourth-order valence-corrected chi connectivity index (χ4v) is 3.89. The Bertz CT molecular complexity index is 1570. The van der Waals surface area contributed by atoms with Crippen LogP contribution in [0.4, 0.5) is 5.82 Å². The van der Waals surface area contributed by atoms with Crippen LogP contribution in [0.2, 0.25) is 0 Å². The number of para-hydroxylation sites is 1. The van der Waals surface area contributed by atoms with E-state index in [-0.39, 0.29) is 5.75 Å². The number of ether oxygens (including phenoxy) is 1. The van der Waals surface area contributed by atoms with Gasteiger partial charge in [-0.15, -0.1) is 0 Å². The minimum atomic E-state index is 0.0658. The first-order valence-electron chi connectivity index (χ1n) is 10.5. The highest BCUT2D eigenvalue weighted by atomic mass is 16.5. The lowest BCUT2D eigenvalue weighted by molar-refractivity contribution is 0.373. The number of rotatable bonds is 4. The second-order valence-electron chi connectivity index (χ2n) is 7.80. The van der Waals surface area contributed by atoms with Crippen LogP contribution in [0.3, 0.4) is 0 Å². The predicted octanol–water partition coefficient (Wildman–Crippen LogP) is 5.30. The molecule has 2 heterocycles. The molecule has 7 nitrogen and oxygen atoms in total. The average Bonchev–Trinajstić information content (AvgIpc) is 2.83. The minimum absolute atomic E-state index is 0.0658. The monoisotopic (exact) mass is 438 g/mol. The van der Waals surface area contributed by atoms with Gasteiger partial charge < -0.3 is 14.3 Å².